The number of hydrogen-bond donors (Lipinski definition) is 1. The van der Waals surface area contributed by atoms with E-state index in [9.17, 15) is 4.79 Å². The highest BCUT2D eigenvalue weighted by Gasteiger charge is 2.42. The van der Waals surface area contributed by atoms with Gasteiger partial charge in [-0.1, -0.05) is 25.0 Å². The smallest absolute Gasteiger partial charge is 0.170 e. The quantitative estimate of drug-likeness (QED) is 0.676. The van der Waals surface area contributed by atoms with Crippen LogP contribution in [0.2, 0.25) is 0 Å². The van der Waals surface area contributed by atoms with Crippen LogP contribution in [-0.2, 0) is 10.2 Å². The Bertz CT molecular complexity index is 526. The van der Waals surface area contributed by atoms with E-state index in [2.05, 4.69) is 0 Å². The van der Waals surface area contributed by atoms with Crippen LogP contribution in [0.1, 0.15) is 38.2 Å². The van der Waals surface area contributed by atoms with Crippen LogP contribution in [-0.4, -0.2) is 24.8 Å². The minimum absolute atomic E-state index is 0.245. The van der Waals surface area contributed by atoms with Crippen LogP contribution in [0.3, 0.4) is 0 Å². The molecule has 0 aliphatic heterocycles. The number of nitrogens with two attached hydrogens (primary N) is 1. The molecular formula is C17H24N2O. The number of nitrogens with zero attached hydrogens (tertiary/aromatic N) is 1. The number of Topliss-reactive ketones (excluding diaryl/α,β-unsaturated/α-hetero) is 1. The van der Waals surface area contributed by atoms with Crippen molar-refractivity contribution in [3.8, 4) is 0 Å². The molecule has 1 aromatic rings. The number of anilines is 1. The summed E-state index contributed by atoms with van der Waals surface area (Å²) in [4.78, 5) is 14.9. The Morgan fingerprint density at radius 1 is 1.30 bits per heavy atom. The molecule has 3 heteroatoms. The van der Waals surface area contributed by atoms with Crippen LogP contribution in [0.4, 0.5) is 5.69 Å². The van der Waals surface area contributed by atoms with E-state index in [1.165, 1.54) is 0 Å². The second-order valence-electron chi connectivity index (χ2n) is 6.02. The second kappa shape index (κ2) is 5.70. The monoisotopic (exact) mass is 272 g/mol. The summed E-state index contributed by atoms with van der Waals surface area (Å²) < 4.78 is 0. The van der Waals surface area contributed by atoms with E-state index < -0.39 is 0 Å². The van der Waals surface area contributed by atoms with Gasteiger partial charge in [0, 0.05) is 31.6 Å². The van der Waals surface area contributed by atoms with Crippen molar-refractivity contribution in [1.82, 2.24) is 4.90 Å². The first kappa shape index (κ1) is 14.6. The lowest BCUT2D eigenvalue weighted by atomic mass is 9.73. The van der Waals surface area contributed by atoms with Crippen molar-refractivity contribution in [3.05, 3.63) is 41.6 Å². The van der Waals surface area contributed by atoms with Gasteiger partial charge in [0.25, 0.3) is 0 Å². The molecule has 0 spiro atoms. The number of benzene rings is 1. The Kier molecular flexibility index (Phi) is 4.17. The zero-order valence-electron chi connectivity index (χ0n) is 12.6. The van der Waals surface area contributed by atoms with Gasteiger partial charge in [-0.3, -0.25) is 4.79 Å². The van der Waals surface area contributed by atoms with Gasteiger partial charge in [-0.05, 0) is 37.5 Å². The Hall–Kier alpha value is -1.77. The van der Waals surface area contributed by atoms with Crippen molar-refractivity contribution in [2.24, 2.45) is 0 Å². The molecule has 20 heavy (non-hydrogen) atoms. The number of carbonyl (C=O) groups excluding carboxylic acids is 1. The van der Waals surface area contributed by atoms with E-state index in [4.69, 9.17) is 5.73 Å². The maximum absolute atomic E-state index is 13.0. The lowest BCUT2D eigenvalue weighted by Gasteiger charge is -2.29. The molecule has 0 aromatic heterocycles. The first-order valence-electron chi connectivity index (χ1n) is 7.21. The van der Waals surface area contributed by atoms with E-state index in [0.29, 0.717) is 0 Å². The van der Waals surface area contributed by atoms with Gasteiger partial charge < -0.3 is 10.6 Å². The SMILES string of the molecule is C/C(=C\N(C)C)C(=O)C1(c2cccc(N)c2)CCCC1. The molecule has 108 valence electrons. The fraction of sp³-hybridized carbons (Fsp3) is 0.471. The summed E-state index contributed by atoms with van der Waals surface area (Å²) in [5.41, 5.74) is 8.17. The highest BCUT2D eigenvalue weighted by Crippen LogP contribution is 2.43. The highest BCUT2D eigenvalue weighted by atomic mass is 16.1. The summed E-state index contributed by atoms with van der Waals surface area (Å²) in [5, 5.41) is 0. The Labute approximate surface area is 121 Å². The van der Waals surface area contributed by atoms with Crippen molar-refractivity contribution in [2.45, 2.75) is 38.0 Å². The molecule has 0 amide bonds. The fourth-order valence-electron chi connectivity index (χ4n) is 3.29. The molecule has 0 unspecified atom stereocenters. The van der Waals surface area contributed by atoms with Crippen LogP contribution >= 0.6 is 0 Å². The standard InChI is InChI=1S/C17H24N2O/c1-13(12-19(2)3)16(20)17(9-4-5-10-17)14-7-6-8-15(18)11-14/h6-8,11-12H,4-5,9-10,18H2,1-3H3/b13-12+. The lowest BCUT2D eigenvalue weighted by Crippen LogP contribution is -2.34. The second-order valence-corrected chi connectivity index (χ2v) is 6.02. The van der Waals surface area contributed by atoms with Gasteiger partial charge in [0.2, 0.25) is 0 Å². The summed E-state index contributed by atoms with van der Waals surface area (Å²) in [6.07, 6.45) is 5.97. The summed E-state index contributed by atoms with van der Waals surface area (Å²) in [6.45, 7) is 1.91. The van der Waals surface area contributed by atoms with Gasteiger partial charge in [-0.2, -0.15) is 0 Å². The summed E-state index contributed by atoms with van der Waals surface area (Å²) in [5.74, 6) is 0.245. The van der Waals surface area contributed by atoms with Gasteiger partial charge in [0.05, 0.1) is 5.41 Å². The topological polar surface area (TPSA) is 46.3 Å². The van der Waals surface area contributed by atoms with Crippen LogP contribution < -0.4 is 5.73 Å². The maximum atomic E-state index is 13.0. The Morgan fingerprint density at radius 3 is 2.50 bits per heavy atom. The Balaban J connectivity index is 2.43. The number of ketones is 1. The van der Waals surface area contributed by atoms with Gasteiger partial charge in [0.15, 0.2) is 5.78 Å². The van der Waals surface area contributed by atoms with Gasteiger partial charge in [0.1, 0.15) is 0 Å². The molecule has 1 aromatic carbocycles. The Morgan fingerprint density at radius 2 is 1.95 bits per heavy atom. The predicted molar refractivity (Wildman–Crippen MR) is 83.5 cm³/mol. The molecule has 1 fully saturated rings. The van der Waals surface area contributed by atoms with Crippen LogP contribution in [0.15, 0.2) is 36.0 Å². The third-order valence-corrected chi connectivity index (χ3v) is 4.14. The van der Waals surface area contributed by atoms with Crippen molar-refractivity contribution in [2.75, 3.05) is 19.8 Å². The maximum Gasteiger partial charge on any atom is 0.170 e. The first-order valence-corrected chi connectivity index (χ1v) is 7.21. The molecule has 0 bridgehead atoms. The van der Waals surface area contributed by atoms with E-state index in [-0.39, 0.29) is 11.2 Å². The summed E-state index contributed by atoms with van der Waals surface area (Å²) >= 11 is 0. The van der Waals surface area contributed by atoms with Crippen molar-refractivity contribution in [1.29, 1.82) is 0 Å². The average Bonchev–Trinajstić information content (AvgIpc) is 2.87. The minimum atomic E-state index is -0.369. The minimum Gasteiger partial charge on any atom is -0.399 e. The third kappa shape index (κ3) is 2.72. The molecule has 0 radical (unpaired) electrons. The number of allylic oxidation sites excluding steroid dienone is 1. The number of nitrogen functional groups attached to an aromatic ring is 1. The molecule has 3 nitrogen and oxygen atoms in total. The van der Waals surface area contributed by atoms with E-state index in [1.807, 2.05) is 56.4 Å². The van der Waals surface area contributed by atoms with Gasteiger partial charge in [-0.25, -0.2) is 0 Å². The van der Waals surface area contributed by atoms with E-state index >= 15 is 0 Å². The molecule has 0 heterocycles. The third-order valence-electron chi connectivity index (χ3n) is 4.14. The van der Waals surface area contributed by atoms with Crippen molar-refractivity contribution >= 4 is 11.5 Å². The normalized spacial score (nSPS) is 18.1. The molecular weight excluding hydrogens is 248 g/mol. The number of rotatable bonds is 4. The van der Waals surface area contributed by atoms with Crippen LogP contribution in [0.5, 0.6) is 0 Å². The predicted octanol–water partition coefficient (Wildman–Crippen LogP) is 3.12. The summed E-state index contributed by atoms with van der Waals surface area (Å²) in [7, 11) is 3.89. The highest BCUT2D eigenvalue weighted by molar-refractivity contribution is 6.03. The zero-order valence-corrected chi connectivity index (χ0v) is 12.6. The van der Waals surface area contributed by atoms with Crippen LogP contribution in [0.25, 0.3) is 0 Å². The largest absolute Gasteiger partial charge is 0.399 e. The number of carbonyl (C=O) groups is 1. The molecule has 1 aliphatic rings. The van der Waals surface area contributed by atoms with Crippen molar-refractivity contribution in [3.63, 3.8) is 0 Å². The first-order chi connectivity index (χ1) is 9.45. The molecule has 0 atom stereocenters. The molecule has 1 aliphatic carbocycles. The summed E-state index contributed by atoms with van der Waals surface area (Å²) in [6, 6.07) is 7.83. The molecule has 2 N–H and O–H groups in total. The molecule has 1 saturated carbocycles. The van der Waals surface area contributed by atoms with Gasteiger partial charge in [-0.15, -0.1) is 0 Å². The molecule has 0 saturated heterocycles. The van der Waals surface area contributed by atoms with E-state index in [1.54, 1.807) is 0 Å². The lowest BCUT2D eigenvalue weighted by molar-refractivity contribution is -0.120. The molecule has 2 rings (SSSR count). The fourth-order valence-corrected chi connectivity index (χ4v) is 3.29. The van der Waals surface area contributed by atoms with E-state index in [0.717, 1.165) is 42.5 Å². The number of hydrogen-bond acceptors (Lipinski definition) is 3. The zero-order chi connectivity index (χ0) is 14.8. The van der Waals surface area contributed by atoms with Gasteiger partial charge >= 0.3 is 0 Å². The van der Waals surface area contributed by atoms with Crippen molar-refractivity contribution < 1.29 is 4.79 Å². The van der Waals surface area contributed by atoms with Crippen LogP contribution in [0, 0.1) is 0 Å². The average molecular weight is 272 g/mol.